The van der Waals surface area contributed by atoms with E-state index in [-0.39, 0.29) is 0 Å². The zero-order valence-corrected chi connectivity index (χ0v) is 16.9. The summed E-state index contributed by atoms with van der Waals surface area (Å²) in [4.78, 5) is 4.80. The summed E-state index contributed by atoms with van der Waals surface area (Å²) >= 11 is 0. The minimum atomic E-state index is 0.477. The summed E-state index contributed by atoms with van der Waals surface area (Å²) in [6, 6.07) is 17.7. The molecule has 0 bridgehead atoms. The maximum Gasteiger partial charge on any atom is 0.145 e. The van der Waals surface area contributed by atoms with Crippen molar-refractivity contribution in [2.75, 3.05) is 0 Å². The van der Waals surface area contributed by atoms with E-state index in [9.17, 15) is 0 Å². The van der Waals surface area contributed by atoms with Crippen LogP contribution in [0.3, 0.4) is 0 Å². The van der Waals surface area contributed by atoms with Gasteiger partial charge in [0.25, 0.3) is 0 Å². The van der Waals surface area contributed by atoms with Gasteiger partial charge in [-0.1, -0.05) is 38.1 Å². The Kier molecular flexibility index (Phi) is 3.80. The molecule has 0 saturated carbocycles. The van der Waals surface area contributed by atoms with Crippen LogP contribution in [0.4, 0.5) is 0 Å². The number of hydrogen-bond donors (Lipinski definition) is 0. The van der Waals surface area contributed by atoms with E-state index in [0.717, 1.165) is 12.1 Å². The molecule has 0 spiro atoms. The molecule has 140 valence electrons. The Morgan fingerprint density at radius 2 is 1.68 bits per heavy atom. The van der Waals surface area contributed by atoms with Crippen LogP contribution in [0, 0.1) is 13.8 Å². The van der Waals surface area contributed by atoms with Crippen molar-refractivity contribution in [3.8, 4) is 5.69 Å². The van der Waals surface area contributed by atoms with Crippen molar-refractivity contribution in [2.45, 2.75) is 40.0 Å². The second kappa shape index (κ2) is 6.23. The first kappa shape index (κ1) is 17.1. The van der Waals surface area contributed by atoms with Gasteiger partial charge in [-0.25, -0.2) is 4.98 Å². The number of aryl methyl sites for hydroxylation is 2. The monoisotopic (exact) mass is 367 g/mol. The van der Waals surface area contributed by atoms with E-state index in [1.54, 1.807) is 0 Å². The Labute approximate surface area is 165 Å². The van der Waals surface area contributed by atoms with Crippen LogP contribution in [0.25, 0.3) is 33.0 Å². The number of rotatable bonds is 3. The first-order valence-corrected chi connectivity index (χ1v) is 10.1. The van der Waals surface area contributed by atoms with Crippen LogP contribution in [-0.2, 0) is 0 Å². The molecular weight excluding hydrogens is 342 g/mol. The molecule has 0 aliphatic heterocycles. The van der Waals surface area contributed by atoms with Crippen LogP contribution in [0.15, 0.2) is 60.9 Å². The highest BCUT2D eigenvalue weighted by Gasteiger charge is 2.20. The molecule has 3 nitrogen and oxygen atoms in total. The first-order chi connectivity index (χ1) is 13.6. The largest absolute Gasteiger partial charge is 0.318 e. The van der Waals surface area contributed by atoms with Crippen LogP contribution in [0.2, 0.25) is 0 Å². The van der Waals surface area contributed by atoms with Gasteiger partial charge in [-0.2, -0.15) is 0 Å². The Morgan fingerprint density at radius 1 is 0.929 bits per heavy atom. The van der Waals surface area contributed by atoms with Crippen molar-refractivity contribution in [2.24, 2.45) is 0 Å². The van der Waals surface area contributed by atoms with Crippen molar-refractivity contribution < 1.29 is 0 Å². The summed E-state index contributed by atoms with van der Waals surface area (Å²) in [6.45, 7) is 8.93. The summed E-state index contributed by atoms with van der Waals surface area (Å²) in [6.07, 6.45) is 5.10. The van der Waals surface area contributed by atoms with E-state index >= 15 is 0 Å². The third-order valence-corrected chi connectivity index (χ3v) is 6.17. The fraction of sp³-hybridized carbons (Fsp3) is 0.240. The van der Waals surface area contributed by atoms with Gasteiger partial charge in [-0.05, 0) is 56.0 Å². The molecular formula is C25H25N3. The van der Waals surface area contributed by atoms with Gasteiger partial charge in [0.2, 0.25) is 0 Å². The highest BCUT2D eigenvalue weighted by atomic mass is 15.0. The number of pyridine rings is 1. The molecule has 0 N–H and O–H groups in total. The van der Waals surface area contributed by atoms with Gasteiger partial charge < -0.3 is 4.57 Å². The van der Waals surface area contributed by atoms with Crippen LogP contribution in [-0.4, -0.2) is 14.0 Å². The lowest BCUT2D eigenvalue weighted by Gasteiger charge is -2.20. The minimum Gasteiger partial charge on any atom is -0.318 e. The summed E-state index contributed by atoms with van der Waals surface area (Å²) in [7, 11) is 0. The van der Waals surface area contributed by atoms with Gasteiger partial charge >= 0.3 is 0 Å². The zero-order chi connectivity index (χ0) is 19.4. The number of para-hydroxylation sites is 1. The zero-order valence-electron chi connectivity index (χ0n) is 16.9. The molecule has 3 heteroatoms. The molecule has 0 saturated heterocycles. The Balaban J connectivity index is 2.09. The molecule has 5 rings (SSSR count). The minimum absolute atomic E-state index is 0.477. The normalized spacial score (nSPS) is 13.0. The number of nitrogens with zero attached hydrogens (tertiary/aromatic N) is 3. The van der Waals surface area contributed by atoms with Crippen LogP contribution in [0.1, 0.15) is 43.1 Å². The number of fused-ring (bicyclic) bond motifs is 6. The van der Waals surface area contributed by atoms with Gasteiger partial charge in [0, 0.05) is 39.9 Å². The molecule has 0 amide bonds. The Morgan fingerprint density at radius 3 is 2.43 bits per heavy atom. The second-order valence-corrected chi connectivity index (χ2v) is 7.82. The van der Waals surface area contributed by atoms with E-state index in [1.807, 2.05) is 6.20 Å². The lowest BCUT2D eigenvalue weighted by atomic mass is 9.91. The van der Waals surface area contributed by atoms with Crippen molar-refractivity contribution in [1.82, 2.24) is 14.0 Å². The second-order valence-electron chi connectivity index (χ2n) is 7.82. The van der Waals surface area contributed by atoms with Crippen LogP contribution >= 0.6 is 0 Å². The van der Waals surface area contributed by atoms with E-state index in [1.165, 1.54) is 44.3 Å². The SMILES string of the molecule is CCC(C)c1ccc(-n2c(C)ccc2C)c2c3ccccc3n3ccnc3c12. The fourth-order valence-electron chi connectivity index (χ4n) is 4.56. The molecule has 0 aliphatic carbocycles. The predicted octanol–water partition coefficient (Wildman–Crippen LogP) is 6.56. The van der Waals surface area contributed by atoms with E-state index in [0.29, 0.717) is 5.92 Å². The van der Waals surface area contributed by atoms with Gasteiger partial charge in [-0.15, -0.1) is 0 Å². The standard InChI is InChI=1S/C25H25N3/c1-5-16(2)19-12-13-22(28-17(3)10-11-18(28)4)23-20-8-6-7-9-21(20)27-15-14-26-25(27)24(19)23/h6-16H,5H2,1-4H3. The Bertz CT molecular complexity index is 1320. The molecule has 3 aromatic heterocycles. The number of aromatic nitrogens is 3. The number of benzene rings is 2. The molecule has 3 heterocycles. The lowest BCUT2D eigenvalue weighted by molar-refractivity contribution is 0.739. The van der Waals surface area contributed by atoms with Crippen molar-refractivity contribution >= 4 is 27.3 Å². The highest BCUT2D eigenvalue weighted by molar-refractivity contribution is 6.16. The Hall–Kier alpha value is -3.07. The number of imidazole rings is 1. The van der Waals surface area contributed by atoms with Gasteiger partial charge in [-0.3, -0.25) is 4.40 Å². The molecule has 2 aromatic carbocycles. The summed E-state index contributed by atoms with van der Waals surface area (Å²) in [5.41, 5.74) is 7.38. The van der Waals surface area contributed by atoms with Crippen molar-refractivity contribution in [1.29, 1.82) is 0 Å². The van der Waals surface area contributed by atoms with E-state index in [4.69, 9.17) is 4.98 Å². The molecule has 5 aromatic rings. The topological polar surface area (TPSA) is 22.2 Å². The summed E-state index contributed by atoms with van der Waals surface area (Å²) in [5, 5.41) is 3.85. The quantitative estimate of drug-likeness (QED) is 0.331. The average Bonchev–Trinajstić information content (AvgIpc) is 3.33. The summed E-state index contributed by atoms with van der Waals surface area (Å²) < 4.78 is 4.61. The molecule has 0 fully saturated rings. The van der Waals surface area contributed by atoms with E-state index < -0.39 is 0 Å². The van der Waals surface area contributed by atoms with Crippen LogP contribution < -0.4 is 0 Å². The molecule has 1 atom stereocenters. The molecule has 0 aliphatic rings. The lowest BCUT2D eigenvalue weighted by Crippen LogP contribution is -2.04. The fourth-order valence-corrected chi connectivity index (χ4v) is 4.56. The maximum absolute atomic E-state index is 4.80. The van der Waals surface area contributed by atoms with Crippen molar-refractivity contribution in [3.63, 3.8) is 0 Å². The smallest absolute Gasteiger partial charge is 0.145 e. The molecule has 28 heavy (non-hydrogen) atoms. The third kappa shape index (κ3) is 2.26. The van der Waals surface area contributed by atoms with Gasteiger partial charge in [0.15, 0.2) is 0 Å². The van der Waals surface area contributed by atoms with Crippen LogP contribution in [0.5, 0.6) is 0 Å². The third-order valence-electron chi connectivity index (χ3n) is 6.17. The molecule has 0 radical (unpaired) electrons. The van der Waals surface area contributed by atoms with E-state index in [2.05, 4.69) is 91.4 Å². The first-order valence-electron chi connectivity index (χ1n) is 10.1. The molecule has 1 unspecified atom stereocenters. The highest BCUT2D eigenvalue weighted by Crippen LogP contribution is 2.39. The van der Waals surface area contributed by atoms with Crippen molar-refractivity contribution in [3.05, 3.63) is 77.9 Å². The van der Waals surface area contributed by atoms with Gasteiger partial charge in [0.1, 0.15) is 5.65 Å². The maximum atomic E-state index is 4.80. The number of hydrogen-bond acceptors (Lipinski definition) is 1. The average molecular weight is 367 g/mol. The predicted molar refractivity (Wildman–Crippen MR) is 118 cm³/mol. The van der Waals surface area contributed by atoms with Gasteiger partial charge in [0.05, 0.1) is 11.2 Å². The summed E-state index contributed by atoms with van der Waals surface area (Å²) in [5.74, 6) is 0.477.